The minimum absolute atomic E-state index is 0.0355. The fourth-order valence-corrected chi connectivity index (χ4v) is 4.63. The monoisotopic (exact) mass is 382 g/mol. The van der Waals surface area contributed by atoms with E-state index in [2.05, 4.69) is 5.32 Å². The Morgan fingerprint density at radius 3 is 2.50 bits per heavy atom. The zero-order chi connectivity index (χ0) is 19.3. The third kappa shape index (κ3) is 4.76. The second kappa shape index (κ2) is 8.86. The van der Waals surface area contributed by atoms with Crippen LogP contribution in [-0.2, 0) is 14.8 Å². The van der Waals surface area contributed by atoms with Crippen molar-refractivity contribution in [1.82, 2.24) is 9.62 Å². The zero-order valence-electron chi connectivity index (χ0n) is 16.1. The lowest BCUT2D eigenvalue weighted by molar-refractivity contribution is -0.126. The minimum atomic E-state index is -3.55. The number of hydrogen-bond donors (Lipinski definition) is 1. The number of aryl methyl sites for hydroxylation is 1. The van der Waals surface area contributed by atoms with Gasteiger partial charge in [-0.3, -0.25) is 4.79 Å². The number of hydrogen-bond acceptors (Lipinski definition) is 4. The van der Waals surface area contributed by atoms with Gasteiger partial charge in [0.05, 0.1) is 11.5 Å². The van der Waals surface area contributed by atoms with E-state index < -0.39 is 10.0 Å². The molecule has 1 amide bonds. The van der Waals surface area contributed by atoms with Crippen molar-refractivity contribution in [3.8, 4) is 5.75 Å². The molecule has 1 aromatic carbocycles. The molecule has 1 atom stereocenters. The smallest absolute Gasteiger partial charge is 0.243 e. The second-order valence-corrected chi connectivity index (χ2v) is 8.79. The number of carbonyl (C=O) groups excluding carboxylic acids is 1. The van der Waals surface area contributed by atoms with Crippen LogP contribution in [0.4, 0.5) is 0 Å². The van der Waals surface area contributed by atoms with Crippen LogP contribution in [0.25, 0.3) is 0 Å². The van der Waals surface area contributed by atoms with E-state index in [1.54, 1.807) is 18.2 Å². The number of benzene rings is 1. The predicted molar refractivity (Wildman–Crippen MR) is 102 cm³/mol. The molecule has 0 aromatic heterocycles. The number of nitrogens with one attached hydrogen (secondary N) is 1. The summed E-state index contributed by atoms with van der Waals surface area (Å²) in [5, 5.41) is 2.99. The topological polar surface area (TPSA) is 75.7 Å². The molecule has 0 radical (unpaired) electrons. The largest absolute Gasteiger partial charge is 0.494 e. The highest BCUT2D eigenvalue weighted by molar-refractivity contribution is 7.89. The molecule has 1 saturated heterocycles. The first kappa shape index (κ1) is 20.7. The molecule has 1 aliphatic rings. The normalized spacial score (nSPS) is 17.7. The Morgan fingerprint density at radius 1 is 1.31 bits per heavy atom. The number of ether oxygens (including phenoxy) is 1. The summed E-state index contributed by atoms with van der Waals surface area (Å²) >= 11 is 0. The Hall–Kier alpha value is -1.60. The van der Waals surface area contributed by atoms with Crippen molar-refractivity contribution in [3.63, 3.8) is 0 Å². The molecule has 1 aliphatic heterocycles. The van der Waals surface area contributed by atoms with Crippen molar-refractivity contribution in [3.05, 3.63) is 23.8 Å². The average Bonchev–Trinajstić information content (AvgIpc) is 2.63. The molecule has 0 spiro atoms. The number of amides is 1. The molecule has 0 aliphatic carbocycles. The lowest BCUT2D eigenvalue weighted by Gasteiger charge is -2.31. The number of sulfonamides is 1. The Bertz CT molecular complexity index is 725. The first-order valence-electron chi connectivity index (χ1n) is 9.33. The standard InChI is InChI=1S/C19H30N2O4S/c1-5-15(4)20-19(22)16-9-11-21(12-10-16)26(23,24)17-7-8-18(25-6-2)14(3)13-17/h7-8,13,15-16H,5-6,9-12H2,1-4H3,(H,20,22)/t15-/m0/s1. The van der Waals surface area contributed by atoms with Crippen molar-refractivity contribution < 1.29 is 17.9 Å². The molecule has 1 fully saturated rings. The van der Waals surface area contributed by atoms with Gasteiger partial charge in [0.15, 0.2) is 0 Å². The first-order valence-corrected chi connectivity index (χ1v) is 10.8. The number of piperidine rings is 1. The molecule has 26 heavy (non-hydrogen) atoms. The minimum Gasteiger partial charge on any atom is -0.494 e. The van der Waals surface area contributed by atoms with Gasteiger partial charge in [-0.25, -0.2) is 8.42 Å². The van der Waals surface area contributed by atoms with Crippen LogP contribution < -0.4 is 10.1 Å². The van der Waals surface area contributed by atoms with Crippen molar-refractivity contribution in [1.29, 1.82) is 0 Å². The number of nitrogens with zero attached hydrogens (tertiary/aromatic N) is 1. The van der Waals surface area contributed by atoms with Crippen molar-refractivity contribution in [2.45, 2.75) is 57.9 Å². The van der Waals surface area contributed by atoms with Crippen LogP contribution in [0.15, 0.2) is 23.1 Å². The van der Waals surface area contributed by atoms with Gasteiger partial charge in [0.25, 0.3) is 0 Å². The van der Waals surface area contributed by atoms with Crippen molar-refractivity contribution >= 4 is 15.9 Å². The molecule has 2 rings (SSSR count). The highest BCUT2D eigenvalue weighted by Gasteiger charge is 2.32. The molecular weight excluding hydrogens is 352 g/mol. The Kier molecular flexibility index (Phi) is 7.06. The van der Waals surface area contributed by atoms with Crippen LogP contribution in [0.1, 0.15) is 45.6 Å². The van der Waals surface area contributed by atoms with Crippen LogP contribution in [0.2, 0.25) is 0 Å². The van der Waals surface area contributed by atoms with Gasteiger partial charge < -0.3 is 10.1 Å². The SMILES string of the molecule is CCOc1ccc(S(=O)(=O)N2CCC(C(=O)N[C@@H](C)CC)CC2)cc1C. The van der Waals surface area contributed by atoms with E-state index in [1.807, 2.05) is 27.7 Å². The van der Waals surface area contributed by atoms with Gasteiger partial charge in [0, 0.05) is 25.0 Å². The Balaban J connectivity index is 2.03. The first-order chi connectivity index (χ1) is 12.3. The summed E-state index contributed by atoms with van der Waals surface area (Å²) in [6, 6.07) is 5.10. The summed E-state index contributed by atoms with van der Waals surface area (Å²) < 4.78 is 32.7. The molecule has 0 saturated carbocycles. The molecule has 0 unspecified atom stereocenters. The lowest BCUT2D eigenvalue weighted by Crippen LogP contribution is -2.44. The molecule has 146 valence electrons. The molecule has 1 N–H and O–H groups in total. The zero-order valence-corrected chi connectivity index (χ0v) is 16.9. The van der Waals surface area contributed by atoms with Gasteiger partial charge in [0.1, 0.15) is 5.75 Å². The van der Waals surface area contributed by atoms with Crippen LogP contribution in [0.3, 0.4) is 0 Å². The van der Waals surface area contributed by atoms with Gasteiger partial charge in [-0.1, -0.05) is 6.92 Å². The molecule has 1 aromatic rings. The van der Waals surface area contributed by atoms with Crippen LogP contribution in [0.5, 0.6) is 5.75 Å². The molecule has 0 bridgehead atoms. The lowest BCUT2D eigenvalue weighted by atomic mass is 9.97. The van der Waals surface area contributed by atoms with Crippen LogP contribution in [-0.4, -0.2) is 44.4 Å². The summed E-state index contributed by atoms with van der Waals surface area (Å²) in [6.07, 6.45) is 1.99. The molecular formula is C19H30N2O4S. The van der Waals surface area contributed by atoms with Gasteiger partial charge in [-0.05, 0) is 63.8 Å². The van der Waals surface area contributed by atoms with E-state index in [0.29, 0.717) is 38.3 Å². The Morgan fingerprint density at radius 2 is 1.96 bits per heavy atom. The van der Waals surface area contributed by atoms with E-state index in [-0.39, 0.29) is 22.8 Å². The molecule has 1 heterocycles. The summed E-state index contributed by atoms with van der Waals surface area (Å²) in [5.41, 5.74) is 0.802. The highest BCUT2D eigenvalue weighted by atomic mass is 32.2. The predicted octanol–water partition coefficient (Wildman–Crippen LogP) is 2.71. The quantitative estimate of drug-likeness (QED) is 0.787. The summed E-state index contributed by atoms with van der Waals surface area (Å²) in [4.78, 5) is 12.5. The van der Waals surface area contributed by atoms with Crippen molar-refractivity contribution in [2.75, 3.05) is 19.7 Å². The fourth-order valence-electron chi connectivity index (χ4n) is 3.07. The van der Waals surface area contributed by atoms with Gasteiger partial charge in [-0.15, -0.1) is 0 Å². The summed E-state index contributed by atoms with van der Waals surface area (Å²) in [7, 11) is -3.55. The highest BCUT2D eigenvalue weighted by Crippen LogP contribution is 2.27. The average molecular weight is 383 g/mol. The molecule has 7 heteroatoms. The maximum absolute atomic E-state index is 12.9. The Labute approximate surface area is 157 Å². The third-order valence-electron chi connectivity index (χ3n) is 4.91. The summed E-state index contributed by atoms with van der Waals surface area (Å²) in [6.45, 7) is 9.02. The maximum atomic E-state index is 12.9. The van der Waals surface area contributed by atoms with Gasteiger partial charge >= 0.3 is 0 Å². The molecule has 6 nitrogen and oxygen atoms in total. The van der Waals surface area contributed by atoms with E-state index in [4.69, 9.17) is 4.74 Å². The second-order valence-electron chi connectivity index (χ2n) is 6.86. The fraction of sp³-hybridized carbons (Fsp3) is 0.632. The van der Waals surface area contributed by atoms with Crippen LogP contribution in [0, 0.1) is 12.8 Å². The van der Waals surface area contributed by atoms with E-state index >= 15 is 0 Å². The van der Waals surface area contributed by atoms with E-state index in [0.717, 1.165) is 12.0 Å². The number of rotatable bonds is 7. The third-order valence-corrected chi connectivity index (χ3v) is 6.80. The van der Waals surface area contributed by atoms with Crippen LogP contribution >= 0.6 is 0 Å². The maximum Gasteiger partial charge on any atom is 0.243 e. The summed E-state index contributed by atoms with van der Waals surface area (Å²) in [5.74, 6) is 0.623. The van der Waals surface area contributed by atoms with Gasteiger partial charge in [0.2, 0.25) is 15.9 Å². The van der Waals surface area contributed by atoms with Gasteiger partial charge in [-0.2, -0.15) is 4.31 Å². The van der Waals surface area contributed by atoms with Crippen molar-refractivity contribution in [2.24, 2.45) is 5.92 Å². The van der Waals surface area contributed by atoms with E-state index in [1.165, 1.54) is 4.31 Å². The van der Waals surface area contributed by atoms with E-state index in [9.17, 15) is 13.2 Å². The number of carbonyl (C=O) groups is 1.